The van der Waals surface area contributed by atoms with Crippen LogP contribution < -0.4 is 0 Å². The molecule has 0 radical (unpaired) electrons. The Hall–Kier alpha value is -1.64. The van der Waals surface area contributed by atoms with E-state index < -0.39 is 5.97 Å². The summed E-state index contributed by atoms with van der Waals surface area (Å²) >= 11 is 3.45. The first-order chi connectivity index (χ1) is 13.4. The Morgan fingerprint density at radius 3 is 2.57 bits per heavy atom. The van der Waals surface area contributed by atoms with Crippen LogP contribution in [0.25, 0.3) is 6.08 Å². The van der Waals surface area contributed by atoms with E-state index in [9.17, 15) is 4.79 Å². The van der Waals surface area contributed by atoms with Crippen molar-refractivity contribution in [3.05, 3.63) is 34.0 Å². The molecule has 0 aromatic carbocycles. The summed E-state index contributed by atoms with van der Waals surface area (Å²) in [6.45, 7) is 6.26. The Labute approximate surface area is 175 Å². The van der Waals surface area contributed by atoms with Crippen LogP contribution in [0.15, 0.2) is 28.3 Å². The highest BCUT2D eigenvalue weighted by Gasteiger charge is 2.24. The zero-order valence-electron chi connectivity index (χ0n) is 17.2. The van der Waals surface area contributed by atoms with Gasteiger partial charge in [-0.3, -0.25) is 4.99 Å². The molecule has 28 heavy (non-hydrogen) atoms. The van der Waals surface area contributed by atoms with Crippen LogP contribution in [0.3, 0.4) is 0 Å². The lowest BCUT2D eigenvalue weighted by atomic mass is 10.0. The van der Waals surface area contributed by atoms with Gasteiger partial charge in [-0.15, -0.1) is 23.1 Å². The lowest BCUT2D eigenvalue weighted by Crippen LogP contribution is -2.21. The van der Waals surface area contributed by atoms with Crippen LogP contribution in [0.2, 0.25) is 0 Å². The summed E-state index contributed by atoms with van der Waals surface area (Å²) in [5, 5.41) is 4.27. The topological polar surface area (TPSA) is 70.0 Å². The molecule has 0 aliphatic carbocycles. The predicted molar refractivity (Wildman–Crippen MR) is 116 cm³/mol. The number of rotatable bonds is 9. The van der Waals surface area contributed by atoms with Gasteiger partial charge in [0.25, 0.3) is 0 Å². The van der Waals surface area contributed by atoms with Crippen molar-refractivity contribution in [1.82, 2.24) is 4.98 Å². The van der Waals surface area contributed by atoms with Crippen molar-refractivity contribution in [2.24, 2.45) is 16.8 Å². The molecule has 0 fully saturated rings. The Bertz CT molecular complexity index is 755. The van der Waals surface area contributed by atoms with Gasteiger partial charge in [0.05, 0.1) is 37.1 Å². The second-order valence-electron chi connectivity index (χ2n) is 6.68. The van der Waals surface area contributed by atoms with E-state index in [2.05, 4.69) is 18.6 Å². The number of nitrogens with zero attached hydrogens (tertiary/aromatic N) is 2. The number of aliphatic imine (C=N–C) groups is 1. The minimum Gasteiger partial charge on any atom is -0.500 e. The van der Waals surface area contributed by atoms with Crippen LogP contribution in [-0.4, -0.2) is 49.2 Å². The molecular formula is C20H28N2O4S2. The normalized spacial score (nSPS) is 19.8. The van der Waals surface area contributed by atoms with Crippen molar-refractivity contribution in [3.8, 4) is 0 Å². The molecule has 2 heterocycles. The highest BCUT2D eigenvalue weighted by molar-refractivity contribution is 8.14. The van der Waals surface area contributed by atoms with Crippen molar-refractivity contribution in [3.63, 3.8) is 0 Å². The molecule has 0 unspecified atom stereocenters. The lowest BCUT2D eigenvalue weighted by Gasteiger charge is -2.21. The summed E-state index contributed by atoms with van der Waals surface area (Å²) in [5.74, 6) is 1.31. The summed E-state index contributed by atoms with van der Waals surface area (Å²) in [7, 11) is 4.49. The van der Waals surface area contributed by atoms with Crippen LogP contribution in [0.5, 0.6) is 0 Å². The predicted octanol–water partition coefficient (Wildman–Crippen LogP) is 4.35. The van der Waals surface area contributed by atoms with Gasteiger partial charge in [-0.1, -0.05) is 26.8 Å². The largest absolute Gasteiger partial charge is 0.500 e. The first kappa shape index (κ1) is 22.6. The molecule has 8 heteroatoms. The summed E-state index contributed by atoms with van der Waals surface area (Å²) in [5.41, 5.74) is 0.878. The van der Waals surface area contributed by atoms with Gasteiger partial charge in [0.1, 0.15) is 16.8 Å². The average molecular weight is 425 g/mol. The molecule has 2 rings (SSSR count). The molecule has 0 bridgehead atoms. The van der Waals surface area contributed by atoms with Crippen LogP contribution in [0.1, 0.15) is 37.5 Å². The maximum absolute atomic E-state index is 11.5. The zero-order valence-corrected chi connectivity index (χ0v) is 18.8. The Balaban J connectivity index is 2.08. The quantitative estimate of drug-likeness (QED) is 0.333. The number of carbonyl (C=O) groups is 1. The summed E-state index contributed by atoms with van der Waals surface area (Å²) in [4.78, 5) is 21.0. The van der Waals surface area contributed by atoms with Crippen molar-refractivity contribution in [1.29, 1.82) is 0 Å². The smallest absolute Gasteiger partial charge is 0.333 e. The van der Waals surface area contributed by atoms with E-state index in [1.807, 2.05) is 36.2 Å². The number of carbonyl (C=O) groups excluding carboxylic acids is 1. The Morgan fingerprint density at radius 1 is 1.25 bits per heavy atom. The molecule has 3 atom stereocenters. The van der Waals surface area contributed by atoms with E-state index in [1.54, 1.807) is 18.4 Å². The van der Waals surface area contributed by atoms with Crippen LogP contribution in [-0.2, 0) is 19.0 Å². The first-order valence-electron chi connectivity index (χ1n) is 9.10. The van der Waals surface area contributed by atoms with Gasteiger partial charge in [-0.05, 0) is 6.08 Å². The van der Waals surface area contributed by atoms with Gasteiger partial charge >= 0.3 is 5.97 Å². The molecule has 1 aromatic rings. The lowest BCUT2D eigenvalue weighted by molar-refractivity contribution is -0.135. The third-order valence-electron chi connectivity index (χ3n) is 4.36. The second-order valence-corrected chi connectivity index (χ2v) is 8.61. The molecule has 0 amide bonds. The summed E-state index contributed by atoms with van der Waals surface area (Å²) in [6.07, 6.45) is 4.94. The van der Waals surface area contributed by atoms with E-state index in [0.717, 1.165) is 16.5 Å². The van der Waals surface area contributed by atoms with Crippen molar-refractivity contribution in [2.45, 2.75) is 32.9 Å². The number of ether oxygens (including phenoxy) is 3. The minimum absolute atomic E-state index is 0.148. The van der Waals surface area contributed by atoms with E-state index in [4.69, 9.17) is 19.5 Å². The number of methoxy groups -OCH3 is 3. The maximum atomic E-state index is 11.5. The fourth-order valence-corrected chi connectivity index (χ4v) is 4.75. The average Bonchev–Trinajstić information content (AvgIpc) is 3.35. The van der Waals surface area contributed by atoms with Crippen LogP contribution in [0, 0.1) is 11.8 Å². The van der Waals surface area contributed by atoms with E-state index in [1.165, 1.54) is 25.3 Å². The summed E-state index contributed by atoms with van der Waals surface area (Å²) in [6, 6.07) is 0.148. The van der Waals surface area contributed by atoms with E-state index >= 15 is 0 Å². The summed E-state index contributed by atoms with van der Waals surface area (Å²) < 4.78 is 15.6. The van der Waals surface area contributed by atoms with E-state index in [-0.39, 0.29) is 18.1 Å². The molecule has 0 saturated carbocycles. The minimum atomic E-state index is -0.456. The van der Waals surface area contributed by atoms with Gasteiger partial charge in [-0.25, -0.2) is 9.78 Å². The highest BCUT2D eigenvalue weighted by Crippen LogP contribution is 2.34. The number of thiazole rings is 1. The SMILES string of the molecule is COC(=O)/C=C(/OC)[C@H](C)[C@H](/C=C/c1csc([C@@H]2CSC(C(C)C)=N2)n1)OC. The fourth-order valence-electron chi connectivity index (χ4n) is 2.72. The molecule has 0 spiro atoms. The monoisotopic (exact) mass is 424 g/mol. The molecule has 1 aliphatic heterocycles. The Kier molecular flexibility index (Phi) is 8.72. The molecule has 0 saturated heterocycles. The second kappa shape index (κ2) is 10.8. The molecule has 6 nitrogen and oxygen atoms in total. The van der Waals surface area contributed by atoms with E-state index in [0.29, 0.717) is 11.7 Å². The zero-order chi connectivity index (χ0) is 20.7. The number of aromatic nitrogens is 1. The first-order valence-corrected chi connectivity index (χ1v) is 11.0. The molecule has 154 valence electrons. The third-order valence-corrected chi connectivity index (χ3v) is 6.68. The molecule has 1 aliphatic rings. The fraction of sp³-hybridized carbons (Fsp3) is 0.550. The standard InChI is InChI=1S/C20H28N2O4S2/c1-12(2)19-22-15(11-28-19)20-21-14(10-27-20)7-8-16(24-4)13(3)17(25-5)9-18(23)26-6/h7-10,12-13,15-16H,11H2,1-6H3/b8-7+,17-9+/t13-,15+,16+/m1/s1. The maximum Gasteiger partial charge on any atom is 0.333 e. The van der Waals surface area contributed by atoms with Gasteiger partial charge in [0.2, 0.25) is 0 Å². The van der Waals surface area contributed by atoms with Crippen LogP contribution in [0.4, 0.5) is 0 Å². The molecule has 1 aromatic heterocycles. The van der Waals surface area contributed by atoms with Crippen LogP contribution >= 0.6 is 23.1 Å². The highest BCUT2D eigenvalue weighted by atomic mass is 32.2. The number of hydrogen-bond acceptors (Lipinski definition) is 8. The van der Waals surface area contributed by atoms with Gasteiger partial charge in [0.15, 0.2) is 0 Å². The number of hydrogen-bond donors (Lipinski definition) is 0. The van der Waals surface area contributed by atoms with Gasteiger partial charge in [-0.2, -0.15) is 0 Å². The van der Waals surface area contributed by atoms with Crippen molar-refractivity contribution >= 4 is 40.2 Å². The van der Waals surface area contributed by atoms with Crippen molar-refractivity contribution < 1.29 is 19.0 Å². The molecular weight excluding hydrogens is 396 g/mol. The van der Waals surface area contributed by atoms with Gasteiger partial charge in [0, 0.05) is 30.1 Å². The van der Waals surface area contributed by atoms with Crippen molar-refractivity contribution in [2.75, 3.05) is 27.1 Å². The third kappa shape index (κ3) is 5.93. The Morgan fingerprint density at radius 2 is 2.00 bits per heavy atom. The number of esters is 1. The number of thioether (sulfide) groups is 1. The van der Waals surface area contributed by atoms with Gasteiger partial charge < -0.3 is 14.2 Å². The molecule has 0 N–H and O–H groups in total.